The summed E-state index contributed by atoms with van der Waals surface area (Å²) in [4.78, 5) is 0. The van der Waals surface area contributed by atoms with Crippen LogP contribution < -0.4 is 5.32 Å². The van der Waals surface area contributed by atoms with E-state index in [-0.39, 0.29) is 0 Å². The van der Waals surface area contributed by atoms with E-state index in [1.807, 2.05) is 38.4 Å². The molecule has 0 saturated heterocycles. The minimum Gasteiger partial charge on any atom is -0.387 e. The van der Waals surface area contributed by atoms with Crippen LogP contribution >= 0.6 is 11.6 Å². The Morgan fingerprint density at radius 3 is 2.79 bits per heavy atom. The minimum atomic E-state index is -0.606. The number of hydrogen-bond acceptors (Lipinski definition) is 3. The van der Waals surface area contributed by atoms with Crippen molar-refractivity contribution in [3.63, 3.8) is 0 Å². The molecule has 0 aliphatic rings. The van der Waals surface area contributed by atoms with E-state index >= 15 is 0 Å². The molecular weight excluding hydrogens is 262 g/mol. The number of halogens is 1. The fourth-order valence-electron chi connectivity index (χ4n) is 2.02. The first-order valence-electron chi connectivity index (χ1n) is 6.20. The second-order valence-electron chi connectivity index (χ2n) is 4.58. The number of rotatable bonds is 5. The number of aliphatic hydroxyl groups is 1. The highest BCUT2D eigenvalue weighted by Crippen LogP contribution is 2.21. The van der Waals surface area contributed by atoms with Crippen molar-refractivity contribution in [1.29, 1.82) is 0 Å². The number of hydrogen-bond donors (Lipinski definition) is 2. The van der Waals surface area contributed by atoms with Crippen LogP contribution in [0.15, 0.2) is 30.5 Å². The summed E-state index contributed by atoms with van der Waals surface area (Å²) in [5.41, 5.74) is 2.88. The van der Waals surface area contributed by atoms with Crippen LogP contribution in [0.3, 0.4) is 0 Å². The van der Waals surface area contributed by atoms with Gasteiger partial charge in [0.2, 0.25) is 0 Å². The first-order chi connectivity index (χ1) is 9.08. The normalized spacial score (nSPS) is 12.6. The van der Waals surface area contributed by atoms with Crippen molar-refractivity contribution in [2.24, 2.45) is 7.05 Å². The van der Waals surface area contributed by atoms with E-state index in [0.29, 0.717) is 18.1 Å². The standard InChI is InChI=1S/C14H18ClN3O/c1-10-11(9-18(2)17-10)7-16-8-14(19)12-5-3-4-6-13(12)15/h3-6,9,14,16,19H,7-8H2,1-2H3. The lowest BCUT2D eigenvalue weighted by Gasteiger charge is -2.13. The average Bonchev–Trinajstić information content (AvgIpc) is 2.68. The number of aromatic nitrogens is 2. The zero-order valence-electron chi connectivity index (χ0n) is 11.1. The number of nitrogens with zero attached hydrogens (tertiary/aromatic N) is 2. The van der Waals surface area contributed by atoms with Crippen LogP contribution in [-0.2, 0) is 13.6 Å². The fraction of sp³-hybridized carbons (Fsp3) is 0.357. The highest BCUT2D eigenvalue weighted by atomic mass is 35.5. The van der Waals surface area contributed by atoms with Crippen LogP contribution in [0.1, 0.15) is 22.9 Å². The summed E-state index contributed by atoms with van der Waals surface area (Å²) in [6.45, 7) is 3.11. The highest BCUT2D eigenvalue weighted by molar-refractivity contribution is 6.31. The maximum absolute atomic E-state index is 10.1. The van der Waals surface area contributed by atoms with Gasteiger partial charge in [0, 0.05) is 42.5 Å². The molecule has 0 aliphatic heterocycles. The van der Waals surface area contributed by atoms with Crippen LogP contribution in [-0.4, -0.2) is 21.4 Å². The summed E-state index contributed by atoms with van der Waals surface area (Å²) < 4.78 is 1.79. The topological polar surface area (TPSA) is 50.1 Å². The quantitative estimate of drug-likeness (QED) is 0.882. The van der Waals surface area contributed by atoms with E-state index in [9.17, 15) is 5.11 Å². The van der Waals surface area contributed by atoms with Crippen molar-refractivity contribution in [2.45, 2.75) is 19.6 Å². The summed E-state index contributed by atoms with van der Waals surface area (Å²) in [5.74, 6) is 0. The van der Waals surface area contributed by atoms with Crippen LogP contribution in [0.4, 0.5) is 0 Å². The maximum Gasteiger partial charge on any atom is 0.0928 e. The van der Waals surface area contributed by atoms with Gasteiger partial charge in [0.25, 0.3) is 0 Å². The van der Waals surface area contributed by atoms with E-state index in [0.717, 1.165) is 16.8 Å². The van der Waals surface area contributed by atoms with Gasteiger partial charge in [0.15, 0.2) is 0 Å². The van der Waals surface area contributed by atoms with Gasteiger partial charge in [-0.1, -0.05) is 29.8 Å². The van der Waals surface area contributed by atoms with E-state index < -0.39 is 6.10 Å². The smallest absolute Gasteiger partial charge is 0.0928 e. The van der Waals surface area contributed by atoms with Gasteiger partial charge in [-0.05, 0) is 13.0 Å². The molecule has 5 heteroatoms. The summed E-state index contributed by atoms with van der Waals surface area (Å²) in [6, 6.07) is 7.34. The molecule has 0 radical (unpaired) electrons. The Morgan fingerprint density at radius 2 is 2.16 bits per heavy atom. The molecule has 1 aromatic heterocycles. The van der Waals surface area contributed by atoms with Crippen LogP contribution in [0.2, 0.25) is 5.02 Å². The van der Waals surface area contributed by atoms with Gasteiger partial charge < -0.3 is 10.4 Å². The molecule has 2 aromatic rings. The molecule has 102 valence electrons. The molecule has 0 aliphatic carbocycles. The molecule has 4 nitrogen and oxygen atoms in total. The number of nitrogens with one attached hydrogen (secondary N) is 1. The Hall–Kier alpha value is -1.36. The first kappa shape index (κ1) is 14.1. The third kappa shape index (κ3) is 3.56. The van der Waals surface area contributed by atoms with Gasteiger partial charge >= 0.3 is 0 Å². The average molecular weight is 280 g/mol. The molecule has 1 unspecified atom stereocenters. The fourth-order valence-corrected chi connectivity index (χ4v) is 2.28. The van der Waals surface area contributed by atoms with Crippen molar-refractivity contribution in [3.8, 4) is 0 Å². The SMILES string of the molecule is Cc1nn(C)cc1CNCC(O)c1ccccc1Cl. The third-order valence-corrected chi connectivity index (χ3v) is 3.38. The van der Waals surface area contributed by atoms with Crippen LogP contribution in [0.5, 0.6) is 0 Å². The Morgan fingerprint density at radius 1 is 1.42 bits per heavy atom. The lowest BCUT2D eigenvalue weighted by atomic mass is 10.1. The van der Waals surface area contributed by atoms with Crippen LogP contribution in [0, 0.1) is 6.92 Å². The van der Waals surface area contributed by atoms with Gasteiger partial charge in [-0.2, -0.15) is 5.10 Å². The van der Waals surface area contributed by atoms with Gasteiger partial charge in [-0.3, -0.25) is 4.68 Å². The molecule has 0 fully saturated rings. The lowest BCUT2D eigenvalue weighted by Crippen LogP contribution is -2.21. The molecule has 2 N–H and O–H groups in total. The molecule has 0 spiro atoms. The van der Waals surface area contributed by atoms with Gasteiger partial charge in [-0.15, -0.1) is 0 Å². The zero-order valence-corrected chi connectivity index (χ0v) is 11.9. The molecule has 0 amide bonds. The number of benzene rings is 1. The predicted molar refractivity (Wildman–Crippen MR) is 76.1 cm³/mol. The first-order valence-corrected chi connectivity index (χ1v) is 6.58. The van der Waals surface area contributed by atoms with E-state index in [4.69, 9.17) is 11.6 Å². The highest BCUT2D eigenvalue weighted by Gasteiger charge is 2.11. The number of aliphatic hydroxyl groups excluding tert-OH is 1. The Bertz CT molecular complexity index is 553. The molecule has 0 bridgehead atoms. The second kappa shape index (κ2) is 6.19. The molecule has 1 heterocycles. The molecule has 1 atom stereocenters. The lowest BCUT2D eigenvalue weighted by molar-refractivity contribution is 0.174. The van der Waals surface area contributed by atoms with Crippen molar-refractivity contribution < 1.29 is 5.11 Å². The van der Waals surface area contributed by atoms with Crippen LogP contribution in [0.25, 0.3) is 0 Å². The van der Waals surface area contributed by atoms with Crippen molar-refractivity contribution in [2.75, 3.05) is 6.54 Å². The van der Waals surface area contributed by atoms with Crippen molar-refractivity contribution in [3.05, 3.63) is 52.3 Å². The van der Waals surface area contributed by atoms with Crippen molar-refractivity contribution >= 4 is 11.6 Å². The summed E-state index contributed by atoms with van der Waals surface area (Å²) in [5, 5.41) is 18.2. The monoisotopic (exact) mass is 279 g/mol. The van der Waals surface area contributed by atoms with Crippen molar-refractivity contribution in [1.82, 2.24) is 15.1 Å². The molecule has 19 heavy (non-hydrogen) atoms. The molecule has 2 rings (SSSR count). The van der Waals surface area contributed by atoms with E-state index in [1.54, 1.807) is 10.7 Å². The van der Waals surface area contributed by atoms with E-state index in [1.165, 1.54) is 0 Å². The molecule has 1 aromatic carbocycles. The Labute approximate surface area is 118 Å². The maximum atomic E-state index is 10.1. The third-order valence-electron chi connectivity index (χ3n) is 3.03. The van der Waals surface area contributed by atoms with Gasteiger partial charge in [0.1, 0.15) is 0 Å². The molecule has 0 saturated carbocycles. The minimum absolute atomic E-state index is 0.456. The van der Waals surface area contributed by atoms with Gasteiger partial charge in [-0.25, -0.2) is 0 Å². The zero-order chi connectivity index (χ0) is 13.8. The summed E-state index contributed by atoms with van der Waals surface area (Å²) >= 11 is 6.04. The predicted octanol–water partition coefficient (Wildman–Crippen LogP) is 2.21. The Kier molecular flexibility index (Phi) is 4.58. The largest absolute Gasteiger partial charge is 0.387 e. The summed E-state index contributed by atoms with van der Waals surface area (Å²) in [6.07, 6.45) is 1.37. The number of aryl methyl sites for hydroxylation is 2. The van der Waals surface area contributed by atoms with E-state index in [2.05, 4.69) is 10.4 Å². The van der Waals surface area contributed by atoms with Gasteiger partial charge in [0.05, 0.1) is 11.8 Å². The molecular formula is C14H18ClN3O. The summed E-state index contributed by atoms with van der Waals surface area (Å²) in [7, 11) is 1.90. The second-order valence-corrected chi connectivity index (χ2v) is 4.99. The Balaban J connectivity index is 1.89.